The van der Waals surface area contributed by atoms with Crippen molar-refractivity contribution >= 4 is 11.6 Å². The van der Waals surface area contributed by atoms with E-state index in [0.29, 0.717) is 5.69 Å². The third-order valence-corrected chi connectivity index (χ3v) is 3.69. The van der Waals surface area contributed by atoms with E-state index in [4.69, 9.17) is 0 Å². The van der Waals surface area contributed by atoms with Crippen LogP contribution in [0.2, 0.25) is 0 Å². The van der Waals surface area contributed by atoms with Crippen molar-refractivity contribution in [2.75, 3.05) is 0 Å². The lowest BCUT2D eigenvalue weighted by atomic mass is 10.1. The summed E-state index contributed by atoms with van der Waals surface area (Å²) in [5, 5.41) is 11.1. The van der Waals surface area contributed by atoms with Crippen LogP contribution in [0, 0.1) is 6.92 Å². The molecule has 5 heteroatoms. The van der Waals surface area contributed by atoms with E-state index in [-0.39, 0.29) is 5.91 Å². The molecule has 0 radical (unpaired) electrons. The molecule has 120 valence electrons. The van der Waals surface area contributed by atoms with Crippen LogP contribution in [0.1, 0.15) is 28.5 Å². The fraction of sp³-hybridized carbons (Fsp3) is 0.105. The van der Waals surface area contributed by atoms with Crippen LogP contribution in [0.25, 0.3) is 11.3 Å². The number of rotatable bonds is 4. The molecular formula is C19H18N4O. The molecule has 1 aromatic heterocycles. The highest BCUT2D eigenvalue weighted by atomic mass is 16.2. The molecule has 0 atom stereocenters. The number of aryl methyl sites for hydroxylation is 1. The first kappa shape index (κ1) is 15.7. The lowest BCUT2D eigenvalue weighted by Crippen LogP contribution is -2.19. The van der Waals surface area contributed by atoms with Gasteiger partial charge >= 0.3 is 0 Å². The van der Waals surface area contributed by atoms with Gasteiger partial charge in [0, 0.05) is 5.56 Å². The summed E-state index contributed by atoms with van der Waals surface area (Å²) in [6.45, 7) is 3.88. The SMILES string of the molecule is C/C(=N\NC(=O)c1cc(-c2ccccc2)n[nH]1)c1ccc(C)cc1. The number of H-pyrrole nitrogens is 1. The van der Waals surface area contributed by atoms with Gasteiger partial charge in [0.05, 0.1) is 11.4 Å². The Morgan fingerprint density at radius 2 is 1.79 bits per heavy atom. The Kier molecular flexibility index (Phi) is 4.52. The van der Waals surface area contributed by atoms with E-state index in [9.17, 15) is 4.79 Å². The zero-order valence-electron chi connectivity index (χ0n) is 13.6. The molecule has 3 rings (SSSR count). The van der Waals surface area contributed by atoms with Gasteiger partial charge in [0.2, 0.25) is 0 Å². The van der Waals surface area contributed by atoms with Crippen molar-refractivity contribution in [2.45, 2.75) is 13.8 Å². The number of aromatic nitrogens is 2. The van der Waals surface area contributed by atoms with Crippen molar-refractivity contribution < 1.29 is 4.79 Å². The van der Waals surface area contributed by atoms with Crippen molar-refractivity contribution in [1.82, 2.24) is 15.6 Å². The molecule has 3 aromatic rings. The summed E-state index contributed by atoms with van der Waals surface area (Å²) < 4.78 is 0. The van der Waals surface area contributed by atoms with E-state index >= 15 is 0 Å². The smallest absolute Gasteiger partial charge is 0.272 e. The second kappa shape index (κ2) is 6.91. The molecule has 0 spiro atoms. The van der Waals surface area contributed by atoms with E-state index < -0.39 is 0 Å². The molecule has 0 saturated heterocycles. The molecule has 0 unspecified atom stereocenters. The maximum Gasteiger partial charge on any atom is 0.289 e. The molecule has 0 aliphatic heterocycles. The summed E-state index contributed by atoms with van der Waals surface area (Å²) in [6, 6.07) is 19.4. The summed E-state index contributed by atoms with van der Waals surface area (Å²) in [4.78, 5) is 12.2. The number of nitrogens with zero attached hydrogens (tertiary/aromatic N) is 2. The highest BCUT2D eigenvalue weighted by Gasteiger charge is 2.10. The minimum absolute atomic E-state index is 0.323. The molecule has 0 bridgehead atoms. The van der Waals surface area contributed by atoms with Crippen LogP contribution >= 0.6 is 0 Å². The number of hydrogen-bond donors (Lipinski definition) is 2. The number of benzene rings is 2. The van der Waals surface area contributed by atoms with Gasteiger partial charge < -0.3 is 0 Å². The fourth-order valence-corrected chi connectivity index (χ4v) is 2.25. The molecule has 2 N–H and O–H groups in total. The van der Waals surface area contributed by atoms with Crippen LogP contribution in [0.3, 0.4) is 0 Å². The van der Waals surface area contributed by atoms with E-state index in [1.165, 1.54) is 5.56 Å². The summed E-state index contributed by atoms with van der Waals surface area (Å²) in [5.41, 5.74) is 7.49. The van der Waals surface area contributed by atoms with E-state index in [1.54, 1.807) is 6.07 Å². The number of hydrogen-bond acceptors (Lipinski definition) is 3. The molecule has 0 fully saturated rings. The topological polar surface area (TPSA) is 70.1 Å². The van der Waals surface area contributed by atoms with Crippen LogP contribution in [0.5, 0.6) is 0 Å². The summed E-state index contributed by atoms with van der Waals surface area (Å²) >= 11 is 0. The predicted molar refractivity (Wildman–Crippen MR) is 94.9 cm³/mol. The molecule has 0 saturated carbocycles. The summed E-state index contributed by atoms with van der Waals surface area (Å²) in [5.74, 6) is -0.323. The molecule has 1 amide bonds. The van der Waals surface area contributed by atoms with Gasteiger partial charge in [-0.1, -0.05) is 60.2 Å². The van der Waals surface area contributed by atoms with Crippen molar-refractivity contribution in [3.63, 3.8) is 0 Å². The maximum absolute atomic E-state index is 12.2. The molecular weight excluding hydrogens is 300 g/mol. The molecule has 1 heterocycles. The third kappa shape index (κ3) is 3.57. The average molecular weight is 318 g/mol. The summed E-state index contributed by atoms with van der Waals surface area (Å²) in [7, 11) is 0. The molecule has 2 aromatic carbocycles. The van der Waals surface area contributed by atoms with E-state index in [1.807, 2.05) is 68.4 Å². The minimum atomic E-state index is -0.323. The van der Waals surface area contributed by atoms with Crippen LogP contribution < -0.4 is 5.43 Å². The van der Waals surface area contributed by atoms with Crippen molar-refractivity contribution in [1.29, 1.82) is 0 Å². The second-order valence-corrected chi connectivity index (χ2v) is 5.54. The van der Waals surface area contributed by atoms with Gasteiger partial charge in [-0.25, -0.2) is 5.43 Å². The fourth-order valence-electron chi connectivity index (χ4n) is 2.25. The zero-order chi connectivity index (χ0) is 16.9. The lowest BCUT2D eigenvalue weighted by molar-refractivity contribution is 0.0950. The molecule has 5 nitrogen and oxygen atoms in total. The lowest BCUT2D eigenvalue weighted by Gasteiger charge is -2.02. The van der Waals surface area contributed by atoms with Crippen molar-refractivity contribution in [3.8, 4) is 11.3 Å². The van der Waals surface area contributed by atoms with Gasteiger partial charge in [-0.3, -0.25) is 9.89 Å². The van der Waals surface area contributed by atoms with Gasteiger partial charge in [-0.05, 0) is 25.5 Å². The number of carbonyl (C=O) groups is 1. The highest BCUT2D eigenvalue weighted by molar-refractivity contribution is 6.00. The first-order chi connectivity index (χ1) is 11.6. The number of nitrogens with one attached hydrogen (secondary N) is 2. The quantitative estimate of drug-likeness (QED) is 0.570. The average Bonchev–Trinajstić information content (AvgIpc) is 3.11. The molecule has 0 aliphatic rings. The standard InChI is InChI=1S/C19H18N4O/c1-13-8-10-15(11-9-13)14(2)20-23-19(24)18-12-17(21-22-18)16-6-4-3-5-7-16/h3-12H,1-2H3,(H,21,22)(H,23,24)/b20-14+. The van der Waals surface area contributed by atoms with Gasteiger partial charge in [-0.15, -0.1) is 0 Å². The van der Waals surface area contributed by atoms with Gasteiger partial charge in [0.25, 0.3) is 5.91 Å². The Bertz CT molecular complexity index is 864. The first-order valence-electron chi connectivity index (χ1n) is 7.66. The van der Waals surface area contributed by atoms with E-state index in [2.05, 4.69) is 20.7 Å². The van der Waals surface area contributed by atoms with Crippen LogP contribution in [0.15, 0.2) is 65.8 Å². The summed E-state index contributed by atoms with van der Waals surface area (Å²) in [6.07, 6.45) is 0. The largest absolute Gasteiger partial charge is 0.289 e. The second-order valence-electron chi connectivity index (χ2n) is 5.54. The Morgan fingerprint density at radius 1 is 1.08 bits per heavy atom. The zero-order valence-corrected chi connectivity index (χ0v) is 13.6. The molecule has 24 heavy (non-hydrogen) atoms. The van der Waals surface area contributed by atoms with Crippen LogP contribution in [-0.2, 0) is 0 Å². The van der Waals surface area contributed by atoms with Gasteiger partial charge in [0.1, 0.15) is 5.69 Å². The Balaban J connectivity index is 1.70. The van der Waals surface area contributed by atoms with Crippen molar-refractivity contribution in [3.05, 3.63) is 77.5 Å². The predicted octanol–water partition coefficient (Wildman–Crippen LogP) is 3.54. The normalized spacial score (nSPS) is 11.3. The Labute approximate surface area is 140 Å². The molecule has 0 aliphatic carbocycles. The van der Waals surface area contributed by atoms with Crippen LogP contribution in [0.4, 0.5) is 0 Å². The monoisotopic (exact) mass is 318 g/mol. The maximum atomic E-state index is 12.2. The van der Waals surface area contributed by atoms with E-state index in [0.717, 1.165) is 22.5 Å². The number of aromatic amines is 1. The van der Waals surface area contributed by atoms with Gasteiger partial charge in [0.15, 0.2) is 0 Å². The Hall–Kier alpha value is -3.21. The minimum Gasteiger partial charge on any atom is -0.272 e. The number of carbonyl (C=O) groups excluding carboxylic acids is 1. The van der Waals surface area contributed by atoms with Crippen molar-refractivity contribution in [2.24, 2.45) is 5.10 Å². The highest BCUT2D eigenvalue weighted by Crippen LogP contribution is 2.16. The van der Waals surface area contributed by atoms with Crippen LogP contribution in [-0.4, -0.2) is 21.8 Å². The first-order valence-corrected chi connectivity index (χ1v) is 7.66. The number of hydrazone groups is 1. The Morgan fingerprint density at radius 3 is 2.50 bits per heavy atom. The number of amides is 1. The third-order valence-electron chi connectivity index (χ3n) is 3.69. The van der Waals surface area contributed by atoms with Gasteiger partial charge in [-0.2, -0.15) is 10.2 Å².